The summed E-state index contributed by atoms with van der Waals surface area (Å²) in [7, 11) is 1.76. The normalized spacial score (nSPS) is 12.0. The number of hydrogen-bond donors (Lipinski definition) is 1. The van der Waals surface area contributed by atoms with Crippen LogP contribution in [0.15, 0.2) is 59.8 Å². The van der Waals surface area contributed by atoms with Gasteiger partial charge in [0.1, 0.15) is 12.4 Å². The van der Waals surface area contributed by atoms with Crippen LogP contribution in [-0.2, 0) is 11.4 Å². The first-order valence-corrected chi connectivity index (χ1v) is 10.7. The van der Waals surface area contributed by atoms with Crippen LogP contribution >= 0.6 is 11.8 Å². The van der Waals surface area contributed by atoms with E-state index in [1.54, 1.807) is 11.9 Å². The number of carbonyl (C=O) groups excluding carboxylic acids is 1. The fourth-order valence-electron chi connectivity index (χ4n) is 2.84. The highest BCUT2D eigenvalue weighted by Gasteiger charge is 2.23. The molecule has 7 nitrogen and oxygen atoms in total. The molecule has 3 aromatic rings. The van der Waals surface area contributed by atoms with E-state index in [0.717, 1.165) is 11.4 Å². The van der Waals surface area contributed by atoms with E-state index < -0.39 is 0 Å². The van der Waals surface area contributed by atoms with Crippen molar-refractivity contribution in [3.8, 4) is 5.75 Å². The summed E-state index contributed by atoms with van der Waals surface area (Å²) in [5.74, 6) is 7.79. The molecule has 0 radical (unpaired) electrons. The largest absolute Gasteiger partial charge is 0.486 e. The van der Waals surface area contributed by atoms with E-state index in [0.29, 0.717) is 16.9 Å². The van der Waals surface area contributed by atoms with E-state index in [-0.39, 0.29) is 17.8 Å². The maximum absolute atomic E-state index is 12.7. The van der Waals surface area contributed by atoms with Gasteiger partial charge in [0.2, 0.25) is 11.1 Å². The highest BCUT2D eigenvalue weighted by molar-refractivity contribution is 8.00. The minimum absolute atomic E-state index is 0.0442. The number of nitrogen functional groups attached to an aromatic ring is 1. The van der Waals surface area contributed by atoms with Crippen molar-refractivity contribution >= 4 is 23.4 Å². The van der Waals surface area contributed by atoms with E-state index >= 15 is 0 Å². The fraction of sp³-hybridized carbons (Fsp3) is 0.318. The predicted molar refractivity (Wildman–Crippen MR) is 120 cm³/mol. The zero-order chi connectivity index (χ0) is 21.7. The molecule has 0 aliphatic heterocycles. The maximum atomic E-state index is 12.7. The van der Waals surface area contributed by atoms with Crippen molar-refractivity contribution < 1.29 is 9.53 Å². The third-order valence-corrected chi connectivity index (χ3v) is 5.80. The topological polar surface area (TPSA) is 86.3 Å². The monoisotopic (exact) mass is 425 g/mol. The van der Waals surface area contributed by atoms with Gasteiger partial charge < -0.3 is 15.5 Å². The number of nitrogens with zero attached hydrogens (tertiary/aromatic N) is 4. The Morgan fingerprint density at radius 1 is 1.10 bits per heavy atom. The maximum Gasteiger partial charge on any atom is 0.240 e. The van der Waals surface area contributed by atoms with Crippen LogP contribution in [0.3, 0.4) is 0 Å². The molecule has 0 saturated carbocycles. The van der Waals surface area contributed by atoms with Gasteiger partial charge in [0.25, 0.3) is 0 Å². The molecule has 1 heterocycles. The Morgan fingerprint density at radius 3 is 2.40 bits per heavy atom. The van der Waals surface area contributed by atoms with Gasteiger partial charge in [0, 0.05) is 12.7 Å². The number of benzene rings is 2. The minimum atomic E-state index is -0.376. The Labute approximate surface area is 181 Å². The molecular formula is C22H27N5O2S. The number of anilines is 1. The van der Waals surface area contributed by atoms with Crippen molar-refractivity contribution in [3.05, 3.63) is 66.0 Å². The minimum Gasteiger partial charge on any atom is -0.486 e. The Hall–Kier alpha value is -3.00. The zero-order valence-electron chi connectivity index (χ0n) is 17.6. The molecule has 0 aliphatic carbocycles. The van der Waals surface area contributed by atoms with Gasteiger partial charge in [-0.2, -0.15) is 0 Å². The third-order valence-electron chi connectivity index (χ3n) is 4.75. The molecule has 1 unspecified atom stereocenters. The highest BCUT2D eigenvalue weighted by Crippen LogP contribution is 2.24. The van der Waals surface area contributed by atoms with Crippen LogP contribution in [0.2, 0.25) is 0 Å². The van der Waals surface area contributed by atoms with Crippen molar-refractivity contribution in [2.24, 2.45) is 0 Å². The summed E-state index contributed by atoms with van der Waals surface area (Å²) in [4.78, 5) is 14.4. The van der Waals surface area contributed by atoms with E-state index in [4.69, 9.17) is 10.6 Å². The summed E-state index contributed by atoms with van der Waals surface area (Å²) in [6, 6.07) is 17.5. The molecule has 2 N–H and O–H groups in total. The molecule has 0 fully saturated rings. The van der Waals surface area contributed by atoms with Gasteiger partial charge in [0.05, 0.1) is 5.25 Å². The number of ether oxygens (including phenoxy) is 1. The fourth-order valence-corrected chi connectivity index (χ4v) is 3.72. The number of thioether (sulfide) groups is 1. The van der Waals surface area contributed by atoms with Gasteiger partial charge in [-0.05, 0) is 42.7 Å². The number of aromatic nitrogens is 3. The molecule has 1 aromatic heterocycles. The second kappa shape index (κ2) is 9.67. The number of amides is 1. The highest BCUT2D eigenvalue weighted by atomic mass is 32.2. The van der Waals surface area contributed by atoms with Crippen molar-refractivity contribution in [2.75, 3.05) is 17.8 Å². The summed E-state index contributed by atoms with van der Waals surface area (Å²) < 4.78 is 7.16. The number of nitrogens with two attached hydrogens (primary N) is 1. The average molecular weight is 426 g/mol. The summed E-state index contributed by atoms with van der Waals surface area (Å²) in [6.07, 6.45) is 0. The van der Waals surface area contributed by atoms with Gasteiger partial charge in [-0.25, -0.2) is 4.68 Å². The average Bonchev–Trinajstić information content (AvgIpc) is 3.11. The molecule has 1 amide bonds. The number of hydrogen-bond acceptors (Lipinski definition) is 6. The first kappa shape index (κ1) is 21.7. The van der Waals surface area contributed by atoms with Crippen LogP contribution in [0.1, 0.15) is 38.1 Å². The van der Waals surface area contributed by atoms with Crippen LogP contribution in [0.4, 0.5) is 5.69 Å². The standard InChI is InChI=1S/C22H27N5O2S/c1-15(2)17-10-12-19(13-11-17)29-14-20-24-25-22(27(20)23)30-16(3)21(28)26(4)18-8-6-5-7-9-18/h5-13,15-16H,14,23H2,1-4H3. The number of rotatable bonds is 8. The van der Waals surface area contributed by atoms with Crippen molar-refractivity contribution in [3.63, 3.8) is 0 Å². The van der Waals surface area contributed by atoms with Gasteiger partial charge in [-0.15, -0.1) is 10.2 Å². The summed E-state index contributed by atoms with van der Waals surface area (Å²) in [5, 5.41) is 8.32. The third kappa shape index (κ3) is 5.13. The van der Waals surface area contributed by atoms with Gasteiger partial charge in [0.15, 0.2) is 5.82 Å². The predicted octanol–water partition coefficient (Wildman–Crippen LogP) is 3.84. The quantitative estimate of drug-likeness (QED) is 0.436. The summed E-state index contributed by atoms with van der Waals surface area (Å²) in [6.45, 7) is 6.31. The van der Waals surface area contributed by atoms with E-state index in [2.05, 4.69) is 24.0 Å². The molecule has 0 bridgehead atoms. The van der Waals surface area contributed by atoms with Gasteiger partial charge in [-0.1, -0.05) is 55.9 Å². The molecular weight excluding hydrogens is 398 g/mol. The van der Waals surface area contributed by atoms with E-state index in [1.807, 2.05) is 61.5 Å². The van der Waals surface area contributed by atoms with E-state index in [1.165, 1.54) is 22.0 Å². The van der Waals surface area contributed by atoms with Crippen molar-refractivity contribution in [2.45, 2.75) is 43.7 Å². The molecule has 0 aliphatic rings. The first-order valence-electron chi connectivity index (χ1n) is 9.78. The zero-order valence-corrected chi connectivity index (χ0v) is 18.5. The molecule has 8 heteroatoms. The molecule has 3 rings (SSSR count). The SMILES string of the molecule is CC(Sc1nnc(COc2ccc(C(C)C)cc2)n1N)C(=O)N(C)c1ccccc1. The first-order chi connectivity index (χ1) is 14.4. The lowest BCUT2D eigenvalue weighted by Crippen LogP contribution is -2.33. The summed E-state index contributed by atoms with van der Waals surface area (Å²) >= 11 is 1.27. The van der Waals surface area contributed by atoms with Crippen molar-refractivity contribution in [1.82, 2.24) is 14.9 Å². The van der Waals surface area contributed by atoms with Gasteiger partial charge >= 0.3 is 0 Å². The second-order valence-electron chi connectivity index (χ2n) is 7.27. The van der Waals surface area contributed by atoms with Crippen LogP contribution in [0.25, 0.3) is 0 Å². The summed E-state index contributed by atoms with van der Waals surface area (Å²) in [5.41, 5.74) is 2.09. The van der Waals surface area contributed by atoms with Crippen LogP contribution in [-0.4, -0.2) is 33.1 Å². The molecule has 30 heavy (non-hydrogen) atoms. The lowest BCUT2D eigenvalue weighted by molar-refractivity contribution is -0.117. The second-order valence-corrected chi connectivity index (χ2v) is 8.58. The van der Waals surface area contributed by atoms with Crippen LogP contribution < -0.4 is 15.5 Å². The lowest BCUT2D eigenvalue weighted by Gasteiger charge is -2.20. The Balaban J connectivity index is 1.60. The van der Waals surface area contributed by atoms with Crippen LogP contribution in [0, 0.1) is 0 Å². The molecule has 158 valence electrons. The number of para-hydroxylation sites is 1. The van der Waals surface area contributed by atoms with Crippen molar-refractivity contribution in [1.29, 1.82) is 0 Å². The Bertz CT molecular complexity index is 973. The molecule has 0 saturated heterocycles. The smallest absolute Gasteiger partial charge is 0.240 e. The molecule has 0 spiro atoms. The van der Waals surface area contributed by atoms with E-state index in [9.17, 15) is 4.79 Å². The lowest BCUT2D eigenvalue weighted by atomic mass is 10.0. The van der Waals surface area contributed by atoms with Crippen LogP contribution in [0.5, 0.6) is 5.75 Å². The Kier molecular flexibility index (Phi) is 6.99. The van der Waals surface area contributed by atoms with Gasteiger partial charge in [-0.3, -0.25) is 4.79 Å². The molecule has 2 aromatic carbocycles. The Morgan fingerprint density at radius 2 is 1.77 bits per heavy atom. The molecule has 1 atom stereocenters. The number of carbonyl (C=O) groups is 1.